The number of hydrogen-bond donors (Lipinski definition) is 1. The monoisotopic (exact) mass is 391 g/mol. The molecule has 152 valence electrons. The van der Waals surface area contributed by atoms with Crippen molar-refractivity contribution in [1.82, 2.24) is 24.8 Å². The molecule has 0 saturated heterocycles. The molecule has 3 aromatic rings. The number of nitrogens with one attached hydrogen (secondary N) is 1. The van der Waals surface area contributed by atoms with Gasteiger partial charge in [-0.25, -0.2) is 9.97 Å². The highest BCUT2D eigenvalue weighted by atomic mass is 16.2. The van der Waals surface area contributed by atoms with E-state index in [4.69, 9.17) is 0 Å². The van der Waals surface area contributed by atoms with Crippen LogP contribution < -0.4 is 0 Å². The molecule has 1 N–H and O–H groups in total. The maximum absolute atomic E-state index is 13.1. The van der Waals surface area contributed by atoms with Gasteiger partial charge < -0.3 is 9.88 Å². The highest BCUT2D eigenvalue weighted by Gasteiger charge is 2.42. The smallest absolute Gasteiger partial charge is 0.228 e. The van der Waals surface area contributed by atoms with Gasteiger partial charge in [0.05, 0.1) is 12.1 Å². The second kappa shape index (κ2) is 8.31. The minimum absolute atomic E-state index is 0.171. The fourth-order valence-electron chi connectivity index (χ4n) is 4.04. The quantitative estimate of drug-likeness (QED) is 0.596. The summed E-state index contributed by atoms with van der Waals surface area (Å²) >= 11 is 0. The number of aromatic nitrogens is 4. The zero-order valence-electron chi connectivity index (χ0n) is 17.3. The Morgan fingerprint density at radius 1 is 1.24 bits per heavy atom. The number of H-pyrrole nitrogens is 1. The van der Waals surface area contributed by atoms with Crippen molar-refractivity contribution in [3.63, 3.8) is 0 Å². The lowest BCUT2D eigenvalue weighted by Crippen LogP contribution is -2.38. The Labute approximate surface area is 171 Å². The van der Waals surface area contributed by atoms with Crippen LogP contribution in [-0.2, 0) is 11.2 Å². The van der Waals surface area contributed by atoms with E-state index in [0.717, 1.165) is 48.4 Å². The third kappa shape index (κ3) is 4.47. The summed E-state index contributed by atoms with van der Waals surface area (Å²) in [6.07, 6.45) is 10.1. The van der Waals surface area contributed by atoms with Gasteiger partial charge in [0.25, 0.3) is 0 Å². The normalized spacial score (nSPS) is 15.9. The predicted octanol–water partition coefficient (Wildman–Crippen LogP) is 4.11. The van der Waals surface area contributed by atoms with E-state index in [1.807, 2.05) is 30.5 Å². The van der Waals surface area contributed by atoms with Crippen molar-refractivity contribution < 1.29 is 4.79 Å². The topological polar surface area (TPSA) is 74.8 Å². The second-order valence-corrected chi connectivity index (χ2v) is 8.36. The van der Waals surface area contributed by atoms with Crippen molar-refractivity contribution in [3.8, 4) is 0 Å². The van der Waals surface area contributed by atoms with E-state index >= 15 is 0 Å². The minimum Gasteiger partial charge on any atom is -0.346 e. The van der Waals surface area contributed by atoms with Crippen LogP contribution in [0, 0.1) is 5.41 Å². The molecule has 4 rings (SSSR count). The summed E-state index contributed by atoms with van der Waals surface area (Å²) in [6.45, 7) is 6.01. The predicted molar refractivity (Wildman–Crippen MR) is 113 cm³/mol. The van der Waals surface area contributed by atoms with Gasteiger partial charge in [-0.05, 0) is 49.3 Å². The van der Waals surface area contributed by atoms with Crippen LogP contribution in [-0.4, -0.2) is 43.8 Å². The zero-order valence-corrected chi connectivity index (χ0v) is 17.3. The molecule has 1 aliphatic carbocycles. The first kappa shape index (κ1) is 19.6. The van der Waals surface area contributed by atoms with E-state index in [0.29, 0.717) is 11.8 Å². The van der Waals surface area contributed by atoms with E-state index in [9.17, 15) is 4.79 Å². The van der Waals surface area contributed by atoms with Gasteiger partial charge >= 0.3 is 0 Å². The van der Waals surface area contributed by atoms with Crippen molar-refractivity contribution in [3.05, 3.63) is 54.4 Å². The summed E-state index contributed by atoms with van der Waals surface area (Å²) in [5, 5.41) is 1.07. The van der Waals surface area contributed by atoms with E-state index < -0.39 is 0 Å². The summed E-state index contributed by atoms with van der Waals surface area (Å²) in [5.74, 6) is 0.420. The number of carbonyl (C=O) groups is 1. The van der Waals surface area contributed by atoms with Crippen molar-refractivity contribution in [2.45, 2.75) is 51.9 Å². The Morgan fingerprint density at radius 3 is 2.83 bits per heavy atom. The largest absolute Gasteiger partial charge is 0.346 e. The molecule has 1 saturated carbocycles. The first-order valence-electron chi connectivity index (χ1n) is 10.6. The van der Waals surface area contributed by atoms with Gasteiger partial charge in [-0.2, -0.15) is 0 Å². The molecule has 6 heteroatoms. The molecule has 29 heavy (non-hydrogen) atoms. The molecule has 0 bridgehead atoms. The van der Waals surface area contributed by atoms with Crippen LogP contribution in [0.3, 0.4) is 0 Å². The number of hydrogen-bond acceptors (Lipinski definition) is 4. The molecule has 1 atom stereocenters. The Balaban J connectivity index is 1.46. The van der Waals surface area contributed by atoms with Crippen LogP contribution in [0.1, 0.15) is 56.8 Å². The van der Waals surface area contributed by atoms with Crippen LogP contribution >= 0.6 is 0 Å². The maximum Gasteiger partial charge on any atom is 0.228 e. The first-order valence-corrected chi connectivity index (χ1v) is 10.6. The Bertz CT molecular complexity index is 964. The van der Waals surface area contributed by atoms with Gasteiger partial charge in [-0.3, -0.25) is 9.78 Å². The Hall–Kier alpha value is -2.76. The van der Waals surface area contributed by atoms with Crippen LogP contribution in [0.4, 0.5) is 0 Å². The van der Waals surface area contributed by atoms with Gasteiger partial charge in [0.2, 0.25) is 5.91 Å². The highest BCUT2D eigenvalue weighted by Crippen LogP contribution is 2.49. The van der Waals surface area contributed by atoms with Gasteiger partial charge in [0.15, 0.2) is 0 Å². The standard InChI is InChI=1S/C23H29N5O/c1-3-23(9-10-23)15-28(20(29)14-18-6-4-5-11-24-18)13-8-17(2)21-19-7-12-25-22(19)27-16-26-21/h4-7,11-12,16-17H,3,8-10,13-15H2,1-2H3,(H,25,26,27). The lowest BCUT2D eigenvalue weighted by atomic mass is 9.99. The molecule has 0 radical (unpaired) electrons. The summed E-state index contributed by atoms with van der Waals surface area (Å²) in [6, 6.07) is 7.78. The number of aromatic amines is 1. The maximum atomic E-state index is 13.1. The molecule has 0 aliphatic heterocycles. The average molecular weight is 392 g/mol. The molecular formula is C23H29N5O. The van der Waals surface area contributed by atoms with E-state index in [2.05, 4.69) is 38.7 Å². The summed E-state index contributed by atoms with van der Waals surface area (Å²) in [7, 11) is 0. The van der Waals surface area contributed by atoms with E-state index in [1.165, 1.54) is 12.8 Å². The van der Waals surface area contributed by atoms with Gasteiger partial charge in [0, 0.05) is 42.5 Å². The molecule has 0 aromatic carbocycles. The van der Waals surface area contributed by atoms with Crippen molar-refractivity contribution in [2.24, 2.45) is 5.41 Å². The molecule has 3 aromatic heterocycles. The number of rotatable bonds is 9. The zero-order chi connectivity index (χ0) is 20.3. The van der Waals surface area contributed by atoms with Gasteiger partial charge in [-0.1, -0.05) is 19.9 Å². The molecular weight excluding hydrogens is 362 g/mol. The van der Waals surface area contributed by atoms with Gasteiger partial charge in [-0.15, -0.1) is 0 Å². The second-order valence-electron chi connectivity index (χ2n) is 8.36. The molecule has 1 amide bonds. The molecule has 1 fully saturated rings. The van der Waals surface area contributed by atoms with Gasteiger partial charge in [0.1, 0.15) is 12.0 Å². The lowest BCUT2D eigenvalue weighted by molar-refractivity contribution is -0.131. The van der Waals surface area contributed by atoms with Crippen LogP contribution in [0.2, 0.25) is 0 Å². The van der Waals surface area contributed by atoms with Crippen molar-refractivity contribution in [1.29, 1.82) is 0 Å². The minimum atomic E-state index is 0.171. The number of carbonyl (C=O) groups excluding carboxylic acids is 1. The third-order valence-corrected chi connectivity index (χ3v) is 6.33. The van der Waals surface area contributed by atoms with Crippen LogP contribution in [0.5, 0.6) is 0 Å². The van der Waals surface area contributed by atoms with Crippen molar-refractivity contribution >= 4 is 16.9 Å². The molecule has 1 aliphatic rings. The number of pyridine rings is 1. The lowest BCUT2D eigenvalue weighted by Gasteiger charge is -2.28. The first-order chi connectivity index (χ1) is 14.1. The SMILES string of the molecule is CCC1(CN(CCC(C)c2ncnc3[nH]ccc23)C(=O)Cc2ccccn2)CC1. The Morgan fingerprint density at radius 2 is 2.10 bits per heavy atom. The fourth-order valence-corrected chi connectivity index (χ4v) is 4.04. The van der Waals surface area contributed by atoms with E-state index in [-0.39, 0.29) is 11.8 Å². The third-order valence-electron chi connectivity index (χ3n) is 6.33. The highest BCUT2D eigenvalue weighted by molar-refractivity contribution is 5.79. The van der Waals surface area contributed by atoms with Crippen LogP contribution in [0.15, 0.2) is 43.0 Å². The fraction of sp³-hybridized carbons (Fsp3) is 0.478. The molecule has 1 unspecified atom stereocenters. The average Bonchev–Trinajstić information content (AvgIpc) is 3.36. The summed E-state index contributed by atoms with van der Waals surface area (Å²) in [4.78, 5) is 31.5. The van der Waals surface area contributed by atoms with E-state index in [1.54, 1.807) is 12.5 Å². The molecule has 3 heterocycles. The molecule has 0 spiro atoms. The Kier molecular flexibility index (Phi) is 5.60. The number of fused-ring (bicyclic) bond motifs is 1. The number of amides is 1. The summed E-state index contributed by atoms with van der Waals surface area (Å²) < 4.78 is 0. The van der Waals surface area contributed by atoms with Crippen LogP contribution in [0.25, 0.3) is 11.0 Å². The molecule has 6 nitrogen and oxygen atoms in total. The van der Waals surface area contributed by atoms with Crippen molar-refractivity contribution in [2.75, 3.05) is 13.1 Å². The number of nitrogens with zero attached hydrogens (tertiary/aromatic N) is 4. The summed E-state index contributed by atoms with van der Waals surface area (Å²) in [5.41, 5.74) is 3.07.